The predicted molar refractivity (Wildman–Crippen MR) is 146 cm³/mol. The van der Waals surface area contributed by atoms with Crippen LogP contribution in [0.3, 0.4) is 0 Å². The minimum atomic E-state index is -1.13. The zero-order chi connectivity index (χ0) is 27.7. The van der Waals surface area contributed by atoms with Gasteiger partial charge in [0.25, 0.3) is 23.2 Å². The molecule has 2 amide bonds. The van der Waals surface area contributed by atoms with E-state index in [1.54, 1.807) is 12.1 Å². The van der Waals surface area contributed by atoms with Crippen molar-refractivity contribution in [1.29, 1.82) is 0 Å². The molecule has 1 atom stereocenters. The van der Waals surface area contributed by atoms with Gasteiger partial charge in [0.15, 0.2) is 0 Å². The minimum absolute atomic E-state index is 0.112. The van der Waals surface area contributed by atoms with Crippen molar-refractivity contribution in [1.82, 2.24) is 10.7 Å². The van der Waals surface area contributed by atoms with Crippen LogP contribution in [0.15, 0.2) is 71.8 Å². The van der Waals surface area contributed by atoms with E-state index in [1.807, 2.05) is 30.3 Å². The Kier molecular flexibility index (Phi) is 10.2. The number of non-ortho nitro benzene ring substituents is 2. The molecule has 38 heavy (non-hydrogen) atoms. The number of nitrogens with zero attached hydrogens (tertiary/aromatic N) is 3. The molecule has 3 aromatic carbocycles. The second-order valence-corrected chi connectivity index (χ2v) is 9.55. The molecule has 0 saturated carbocycles. The largest absolute Gasteiger partial charge is 0.339 e. The topological polar surface area (TPSA) is 157 Å². The highest BCUT2D eigenvalue weighted by Gasteiger charge is 2.25. The monoisotopic (exact) mass is 575 g/mol. The molecule has 196 valence electrons. The summed E-state index contributed by atoms with van der Waals surface area (Å²) in [6.07, 6.45) is 1.30. The van der Waals surface area contributed by atoms with Crippen molar-refractivity contribution in [2.45, 2.75) is 11.8 Å². The maximum atomic E-state index is 12.9. The Morgan fingerprint density at radius 3 is 2.24 bits per heavy atom. The van der Waals surface area contributed by atoms with E-state index in [1.165, 1.54) is 24.0 Å². The van der Waals surface area contributed by atoms with Crippen molar-refractivity contribution in [2.75, 3.05) is 5.75 Å². The van der Waals surface area contributed by atoms with E-state index in [-0.39, 0.29) is 11.3 Å². The third kappa shape index (κ3) is 8.26. The van der Waals surface area contributed by atoms with Crippen molar-refractivity contribution in [3.63, 3.8) is 0 Å². The van der Waals surface area contributed by atoms with Crippen molar-refractivity contribution in [2.24, 2.45) is 5.10 Å². The number of carbonyl (C=O) groups excluding carboxylic acids is 2. The van der Waals surface area contributed by atoms with Crippen LogP contribution in [-0.4, -0.2) is 39.7 Å². The van der Waals surface area contributed by atoms with Crippen molar-refractivity contribution >= 4 is 64.4 Å². The number of carbonyl (C=O) groups is 2. The molecule has 1 unspecified atom stereocenters. The number of hydrazone groups is 1. The Morgan fingerprint density at radius 2 is 1.63 bits per heavy atom. The zero-order valence-electron chi connectivity index (χ0n) is 19.4. The van der Waals surface area contributed by atoms with Crippen LogP contribution in [0.25, 0.3) is 0 Å². The van der Waals surface area contributed by atoms with Crippen LogP contribution in [-0.2, 0) is 10.5 Å². The summed E-state index contributed by atoms with van der Waals surface area (Å²) in [5.74, 6) is -0.935. The Morgan fingerprint density at radius 1 is 0.974 bits per heavy atom. The van der Waals surface area contributed by atoms with E-state index in [0.29, 0.717) is 21.4 Å². The molecule has 0 aromatic heterocycles. The number of hydrogen-bond donors (Lipinski definition) is 2. The predicted octanol–water partition coefficient (Wildman–Crippen LogP) is 4.99. The first kappa shape index (κ1) is 28.6. The van der Waals surface area contributed by atoms with Crippen LogP contribution < -0.4 is 10.7 Å². The molecule has 0 aliphatic carbocycles. The molecule has 0 spiro atoms. The molecule has 0 aliphatic heterocycles. The summed E-state index contributed by atoms with van der Waals surface area (Å²) in [7, 11) is 0. The maximum Gasteiger partial charge on any atom is 0.277 e. The van der Waals surface area contributed by atoms with E-state index in [9.17, 15) is 29.8 Å². The number of amides is 2. The van der Waals surface area contributed by atoms with Crippen molar-refractivity contribution in [3.8, 4) is 0 Å². The lowest BCUT2D eigenvalue weighted by atomic mass is 10.1. The fourth-order valence-corrected chi connectivity index (χ4v) is 4.55. The minimum Gasteiger partial charge on any atom is -0.339 e. The second kappa shape index (κ2) is 13.5. The quantitative estimate of drug-likeness (QED) is 0.185. The first-order valence-electron chi connectivity index (χ1n) is 10.8. The summed E-state index contributed by atoms with van der Waals surface area (Å²) < 4.78 is 0. The van der Waals surface area contributed by atoms with Crippen LogP contribution in [0.2, 0.25) is 10.0 Å². The molecular formula is C24H19Cl2N5O6S. The fourth-order valence-electron chi connectivity index (χ4n) is 3.08. The highest BCUT2D eigenvalue weighted by molar-refractivity contribution is 7.98. The number of rotatable bonds is 11. The van der Waals surface area contributed by atoms with Crippen LogP contribution in [0.4, 0.5) is 11.4 Å². The third-order valence-electron chi connectivity index (χ3n) is 4.95. The van der Waals surface area contributed by atoms with Gasteiger partial charge in [-0.1, -0.05) is 59.6 Å². The third-order valence-corrected chi connectivity index (χ3v) is 6.61. The van der Waals surface area contributed by atoms with Gasteiger partial charge in [-0.15, -0.1) is 0 Å². The Bertz CT molecular complexity index is 1360. The molecular weight excluding hydrogens is 557 g/mol. The molecule has 0 aliphatic rings. The Balaban J connectivity index is 1.77. The summed E-state index contributed by atoms with van der Waals surface area (Å²) in [6, 6.07) is 15.5. The number of nitrogens with one attached hydrogen (secondary N) is 2. The van der Waals surface area contributed by atoms with Gasteiger partial charge in [0, 0.05) is 34.2 Å². The lowest BCUT2D eigenvalue weighted by molar-refractivity contribution is -0.394. The molecule has 11 nitrogen and oxygen atoms in total. The van der Waals surface area contributed by atoms with Gasteiger partial charge in [-0.3, -0.25) is 29.8 Å². The molecule has 3 rings (SSSR count). The molecule has 0 bridgehead atoms. The zero-order valence-corrected chi connectivity index (χ0v) is 21.7. The van der Waals surface area contributed by atoms with Gasteiger partial charge >= 0.3 is 0 Å². The highest BCUT2D eigenvalue weighted by Crippen LogP contribution is 2.23. The van der Waals surface area contributed by atoms with E-state index < -0.39 is 39.1 Å². The average Bonchev–Trinajstić information content (AvgIpc) is 2.89. The highest BCUT2D eigenvalue weighted by atomic mass is 35.5. The van der Waals surface area contributed by atoms with Gasteiger partial charge < -0.3 is 5.32 Å². The second-order valence-electron chi connectivity index (χ2n) is 7.68. The molecule has 0 saturated heterocycles. The van der Waals surface area contributed by atoms with Crippen LogP contribution in [0, 0.1) is 20.2 Å². The molecule has 0 fully saturated rings. The summed E-state index contributed by atoms with van der Waals surface area (Å²) >= 11 is 13.3. The number of halogens is 2. The number of benzene rings is 3. The number of hydrogen-bond acceptors (Lipinski definition) is 8. The number of thioether (sulfide) groups is 1. The van der Waals surface area contributed by atoms with Gasteiger partial charge in [0.1, 0.15) is 6.04 Å². The van der Waals surface area contributed by atoms with Gasteiger partial charge in [0.05, 0.1) is 32.7 Å². The van der Waals surface area contributed by atoms with E-state index in [0.717, 1.165) is 23.8 Å². The number of nitro groups is 2. The van der Waals surface area contributed by atoms with Crippen LogP contribution in [0.5, 0.6) is 0 Å². The van der Waals surface area contributed by atoms with Gasteiger partial charge in [-0.25, -0.2) is 5.43 Å². The number of nitro benzene ring substituents is 2. The average molecular weight is 576 g/mol. The summed E-state index contributed by atoms with van der Waals surface area (Å²) in [4.78, 5) is 46.5. The first-order chi connectivity index (χ1) is 18.1. The molecule has 14 heteroatoms. The van der Waals surface area contributed by atoms with Gasteiger partial charge in [-0.05, 0) is 17.7 Å². The van der Waals surface area contributed by atoms with Crippen LogP contribution >= 0.6 is 35.0 Å². The normalized spacial score (nSPS) is 11.6. The van der Waals surface area contributed by atoms with E-state index in [2.05, 4.69) is 15.8 Å². The SMILES string of the molecule is O=C(NC(CSCc1ccccc1)C(=O)NN=Cc1ccc(Cl)cc1Cl)c1cc([N+](=O)[O-])cc([N+](=O)[O-])c1. The Labute approximate surface area is 230 Å². The van der Waals surface area contributed by atoms with Crippen molar-refractivity contribution in [3.05, 3.63) is 114 Å². The Hall–Kier alpha value is -4.00. The summed E-state index contributed by atoms with van der Waals surface area (Å²) in [6.45, 7) is 0. The standard InChI is InChI=1S/C24H19Cl2N5O6S/c25-18-7-6-16(21(26)10-18)12-27-29-24(33)22(14-38-13-15-4-2-1-3-5-15)28-23(32)17-8-19(30(34)35)11-20(9-17)31(36)37/h1-12,22H,13-14H2,(H,28,32)(H,29,33). The smallest absolute Gasteiger partial charge is 0.277 e. The molecule has 3 aromatic rings. The fraction of sp³-hybridized carbons (Fsp3) is 0.125. The molecule has 0 heterocycles. The summed E-state index contributed by atoms with van der Waals surface area (Å²) in [5.41, 5.74) is 2.21. The van der Waals surface area contributed by atoms with Gasteiger partial charge in [0.2, 0.25) is 0 Å². The summed E-state index contributed by atoms with van der Waals surface area (Å²) in [5, 5.41) is 29.5. The lowest BCUT2D eigenvalue weighted by Crippen LogP contribution is -2.47. The first-order valence-corrected chi connectivity index (χ1v) is 12.7. The van der Waals surface area contributed by atoms with Crippen LogP contribution in [0.1, 0.15) is 21.5 Å². The van der Waals surface area contributed by atoms with Crippen molar-refractivity contribution < 1.29 is 19.4 Å². The van der Waals surface area contributed by atoms with E-state index >= 15 is 0 Å². The lowest BCUT2D eigenvalue weighted by Gasteiger charge is -2.17. The van der Waals surface area contributed by atoms with Gasteiger partial charge in [-0.2, -0.15) is 16.9 Å². The molecule has 2 N–H and O–H groups in total. The maximum absolute atomic E-state index is 12.9. The molecule has 0 radical (unpaired) electrons. The van der Waals surface area contributed by atoms with E-state index in [4.69, 9.17) is 23.2 Å².